The van der Waals surface area contributed by atoms with Gasteiger partial charge in [-0.15, -0.1) is 0 Å². The van der Waals surface area contributed by atoms with Gasteiger partial charge in [-0.3, -0.25) is 4.79 Å². The maximum absolute atomic E-state index is 12.2. The number of benzene rings is 2. The molecule has 0 bridgehead atoms. The van der Waals surface area contributed by atoms with Crippen molar-refractivity contribution in [1.29, 1.82) is 0 Å². The van der Waals surface area contributed by atoms with E-state index in [0.717, 1.165) is 42.2 Å². The van der Waals surface area contributed by atoms with Crippen LogP contribution in [-0.2, 0) is 4.79 Å². The van der Waals surface area contributed by atoms with Crippen molar-refractivity contribution in [3.63, 3.8) is 0 Å². The predicted octanol–water partition coefficient (Wildman–Crippen LogP) is 5.70. The minimum atomic E-state index is -0.183. The number of ether oxygens (including phenoxy) is 2. The first-order valence-electron chi connectivity index (χ1n) is 9.66. The first-order chi connectivity index (χ1) is 13.2. The Hall–Kier alpha value is -2.75. The Balaban J connectivity index is 1.87. The van der Waals surface area contributed by atoms with Crippen LogP contribution in [0.2, 0.25) is 0 Å². The normalized spacial score (nSPS) is 10.7. The topological polar surface area (TPSA) is 47.6 Å². The smallest absolute Gasteiger partial charge is 0.248 e. The summed E-state index contributed by atoms with van der Waals surface area (Å²) in [6.45, 7) is 5.61. The lowest BCUT2D eigenvalue weighted by Gasteiger charge is -2.08. The zero-order valence-electron chi connectivity index (χ0n) is 16.2. The molecule has 1 N–H and O–H groups in total. The van der Waals surface area contributed by atoms with E-state index in [2.05, 4.69) is 19.2 Å². The van der Waals surface area contributed by atoms with Crippen LogP contribution in [0, 0.1) is 0 Å². The lowest BCUT2D eigenvalue weighted by atomic mass is 10.2. The minimum absolute atomic E-state index is 0.183. The number of anilines is 1. The predicted molar refractivity (Wildman–Crippen MR) is 111 cm³/mol. The highest BCUT2D eigenvalue weighted by molar-refractivity contribution is 6.02. The van der Waals surface area contributed by atoms with Crippen molar-refractivity contribution in [2.24, 2.45) is 0 Å². The lowest BCUT2D eigenvalue weighted by Crippen LogP contribution is -2.07. The van der Waals surface area contributed by atoms with Crippen molar-refractivity contribution in [2.75, 3.05) is 18.5 Å². The molecule has 0 radical (unpaired) electrons. The Labute approximate surface area is 162 Å². The van der Waals surface area contributed by atoms with Crippen LogP contribution in [0.1, 0.15) is 45.1 Å². The van der Waals surface area contributed by atoms with Gasteiger partial charge in [0, 0.05) is 17.3 Å². The van der Waals surface area contributed by atoms with Crippen LogP contribution >= 0.6 is 0 Å². The summed E-state index contributed by atoms with van der Waals surface area (Å²) in [6, 6.07) is 15.1. The van der Waals surface area contributed by atoms with Crippen molar-refractivity contribution in [3.8, 4) is 11.5 Å². The van der Waals surface area contributed by atoms with Gasteiger partial charge >= 0.3 is 0 Å². The number of amides is 1. The van der Waals surface area contributed by atoms with Crippen molar-refractivity contribution < 1.29 is 14.3 Å². The van der Waals surface area contributed by atoms with Gasteiger partial charge in [-0.05, 0) is 49.2 Å². The van der Waals surface area contributed by atoms with E-state index >= 15 is 0 Å². The maximum Gasteiger partial charge on any atom is 0.248 e. The molecule has 4 heteroatoms. The van der Waals surface area contributed by atoms with E-state index < -0.39 is 0 Å². The van der Waals surface area contributed by atoms with Gasteiger partial charge in [0.15, 0.2) is 0 Å². The Morgan fingerprint density at radius 3 is 2.44 bits per heavy atom. The number of hydrogen-bond acceptors (Lipinski definition) is 3. The quantitative estimate of drug-likeness (QED) is 0.409. The zero-order valence-corrected chi connectivity index (χ0v) is 16.2. The van der Waals surface area contributed by atoms with Gasteiger partial charge in [-0.1, -0.05) is 44.9 Å². The number of carbonyl (C=O) groups is 1. The Morgan fingerprint density at radius 2 is 1.70 bits per heavy atom. The van der Waals surface area contributed by atoms with Crippen molar-refractivity contribution in [1.82, 2.24) is 0 Å². The van der Waals surface area contributed by atoms with E-state index in [4.69, 9.17) is 9.47 Å². The molecular weight excluding hydrogens is 338 g/mol. The summed E-state index contributed by atoms with van der Waals surface area (Å²) >= 11 is 0. The van der Waals surface area contributed by atoms with E-state index in [0.29, 0.717) is 6.61 Å². The number of nitrogens with one attached hydrogen (secondary N) is 1. The van der Waals surface area contributed by atoms with E-state index in [-0.39, 0.29) is 5.91 Å². The van der Waals surface area contributed by atoms with Gasteiger partial charge in [0.25, 0.3) is 0 Å². The lowest BCUT2D eigenvalue weighted by molar-refractivity contribution is -0.111. The number of unbranched alkanes of at least 4 members (excludes halogenated alkanes) is 2. The Morgan fingerprint density at radius 1 is 0.926 bits per heavy atom. The number of rotatable bonds is 11. The molecule has 0 unspecified atom stereocenters. The highest BCUT2D eigenvalue weighted by atomic mass is 16.5. The third kappa shape index (κ3) is 7.57. The van der Waals surface area contributed by atoms with E-state index in [1.807, 2.05) is 48.5 Å². The third-order valence-corrected chi connectivity index (χ3v) is 3.93. The fourth-order valence-electron chi connectivity index (χ4n) is 2.49. The van der Waals surface area contributed by atoms with E-state index in [1.54, 1.807) is 6.08 Å². The number of hydrogen-bond donors (Lipinski definition) is 1. The second-order valence-corrected chi connectivity index (χ2v) is 6.29. The SMILES string of the molecule is CCCCCOc1ccc(NC(=O)C=Cc2ccccc2OCCC)cc1. The molecule has 0 saturated carbocycles. The molecule has 27 heavy (non-hydrogen) atoms. The largest absolute Gasteiger partial charge is 0.494 e. The highest BCUT2D eigenvalue weighted by Gasteiger charge is 2.02. The van der Waals surface area contributed by atoms with Gasteiger partial charge in [0.2, 0.25) is 5.91 Å². The molecule has 0 aliphatic heterocycles. The molecule has 0 heterocycles. The molecule has 0 aliphatic carbocycles. The first-order valence-corrected chi connectivity index (χ1v) is 9.66. The van der Waals surface area contributed by atoms with Crippen LogP contribution in [0.25, 0.3) is 6.08 Å². The maximum atomic E-state index is 12.2. The van der Waals surface area contributed by atoms with Crippen LogP contribution < -0.4 is 14.8 Å². The molecule has 0 atom stereocenters. The first kappa shape index (κ1) is 20.6. The van der Waals surface area contributed by atoms with Gasteiger partial charge in [-0.25, -0.2) is 0 Å². The van der Waals surface area contributed by atoms with Crippen LogP contribution in [0.4, 0.5) is 5.69 Å². The Kier molecular flexibility index (Phi) is 8.98. The number of carbonyl (C=O) groups excluding carboxylic acids is 1. The summed E-state index contributed by atoms with van der Waals surface area (Å²) in [7, 11) is 0. The van der Waals surface area contributed by atoms with Gasteiger partial charge in [0.05, 0.1) is 13.2 Å². The fourth-order valence-corrected chi connectivity index (χ4v) is 2.49. The zero-order chi connectivity index (χ0) is 19.3. The molecule has 144 valence electrons. The van der Waals surface area contributed by atoms with Crippen molar-refractivity contribution in [2.45, 2.75) is 39.5 Å². The molecule has 4 nitrogen and oxygen atoms in total. The summed E-state index contributed by atoms with van der Waals surface area (Å²) in [6.07, 6.45) is 7.64. The van der Waals surface area contributed by atoms with Crippen molar-refractivity contribution >= 4 is 17.7 Å². The van der Waals surface area contributed by atoms with Crippen LogP contribution in [0.5, 0.6) is 11.5 Å². The molecule has 0 saturated heterocycles. The average molecular weight is 367 g/mol. The highest BCUT2D eigenvalue weighted by Crippen LogP contribution is 2.20. The van der Waals surface area contributed by atoms with E-state index in [1.165, 1.54) is 18.9 Å². The molecular formula is C23H29NO3. The fraction of sp³-hybridized carbons (Fsp3) is 0.348. The van der Waals surface area contributed by atoms with Crippen LogP contribution in [-0.4, -0.2) is 19.1 Å². The second-order valence-electron chi connectivity index (χ2n) is 6.29. The number of para-hydroxylation sites is 1. The van der Waals surface area contributed by atoms with Gasteiger partial charge in [-0.2, -0.15) is 0 Å². The summed E-state index contributed by atoms with van der Waals surface area (Å²) < 4.78 is 11.4. The Bertz CT molecular complexity index is 723. The molecule has 2 rings (SSSR count). The summed E-state index contributed by atoms with van der Waals surface area (Å²) in [5.41, 5.74) is 1.62. The molecule has 0 fully saturated rings. The standard InChI is InChI=1S/C23H29NO3/c1-3-5-8-18-26-21-14-12-20(13-15-21)24-23(25)16-11-19-9-6-7-10-22(19)27-17-4-2/h6-7,9-16H,3-5,8,17-18H2,1-2H3,(H,24,25). The molecule has 2 aromatic rings. The monoisotopic (exact) mass is 367 g/mol. The summed E-state index contributed by atoms with van der Waals surface area (Å²) in [5.74, 6) is 1.42. The van der Waals surface area contributed by atoms with Gasteiger partial charge in [0.1, 0.15) is 11.5 Å². The summed E-state index contributed by atoms with van der Waals surface area (Å²) in [5, 5.41) is 2.86. The van der Waals surface area contributed by atoms with Crippen LogP contribution in [0.3, 0.4) is 0 Å². The molecule has 0 aliphatic rings. The second kappa shape index (κ2) is 11.8. The van der Waals surface area contributed by atoms with Crippen LogP contribution in [0.15, 0.2) is 54.6 Å². The minimum Gasteiger partial charge on any atom is -0.494 e. The van der Waals surface area contributed by atoms with Crippen molar-refractivity contribution in [3.05, 3.63) is 60.2 Å². The molecule has 1 amide bonds. The van der Waals surface area contributed by atoms with Gasteiger partial charge < -0.3 is 14.8 Å². The average Bonchev–Trinajstić information content (AvgIpc) is 2.70. The van der Waals surface area contributed by atoms with E-state index in [9.17, 15) is 4.79 Å². The molecule has 0 aromatic heterocycles. The molecule has 2 aromatic carbocycles. The third-order valence-electron chi connectivity index (χ3n) is 3.93. The molecule has 0 spiro atoms. The summed E-state index contributed by atoms with van der Waals surface area (Å²) in [4.78, 5) is 12.2.